The van der Waals surface area contributed by atoms with Crippen molar-refractivity contribution in [1.82, 2.24) is 0 Å². The lowest BCUT2D eigenvalue weighted by Crippen LogP contribution is -2.90. The first kappa shape index (κ1) is 12.6. The van der Waals surface area contributed by atoms with Gasteiger partial charge in [-0.3, -0.25) is 0 Å². The number of hydrogen-bond donors (Lipinski definition) is 1. The highest BCUT2D eigenvalue weighted by atomic mass is 14.9. The van der Waals surface area contributed by atoms with E-state index in [-0.39, 0.29) is 0 Å². The fourth-order valence-electron chi connectivity index (χ4n) is 2.91. The van der Waals surface area contributed by atoms with Crippen LogP contribution < -0.4 is 5.32 Å². The molecule has 0 aliphatic carbocycles. The minimum absolute atomic E-state index is 0.818. The first-order valence-corrected chi connectivity index (χ1v) is 7.07. The number of rotatable bonds is 2. The van der Waals surface area contributed by atoms with Crippen LogP contribution in [0.15, 0.2) is 12.1 Å². The molecular weight excluding hydrogens is 206 g/mol. The van der Waals surface area contributed by atoms with Crippen molar-refractivity contribution in [2.75, 3.05) is 6.54 Å². The quantitative estimate of drug-likeness (QED) is 0.807. The molecular formula is C16H26N+. The highest BCUT2D eigenvalue weighted by Gasteiger charge is 2.16. The van der Waals surface area contributed by atoms with Crippen LogP contribution in [0.1, 0.15) is 47.9 Å². The van der Waals surface area contributed by atoms with Gasteiger partial charge in [-0.2, -0.15) is 0 Å². The van der Waals surface area contributed by atoms with Gasteiger partial charge in [-0.1, -0.05) is 12.1 Å². The molecule has 0 amide bonds. The van der Waals surface area contributed by atoms with E-state index in [0.29, 0.717) is 0 Å². The van der Waals surface area contributed by atoms with Crippen LogP contribution in [0.4, 0.5) is 0 Å². The summed E-state index contributed by atoms with van der Waals surface area (Å²) in [5.41, 5.74) is 5.91. The van der Waals surface area contributed by atoms with E-state index in [1.807, 2.05) is 0 Å². The normalized spacial score (nSPS) is 21.2. The first-order chi connectivity index (χ1) is 8.16. The zero-order valence-corrected chi connectivity index (χ0v) is 11.6. The smallest absolute Gasteiger partial charge is 0.0900 e. The maximum atomic E-state index is 2.57. The summed E-state index contributed by atoms with van der Waals surface area (Å²) in [5.74, 6) is 0. The molecule has 1 atom stereocenters. The van der Waals surface area contributed by atoms with Crippen molar-refractivity contribution in [3.05, 3.63) is 34.4 Å². The zero-order chi connectivity index (χ0) is 12.3. The molecule has 1 nitrogen and oxygen atoms in total. The summed E-state index contributed by atoms with van der Waals surface area (Å²) in [4.78, 5) is 0. The molecule has 2 N–H and O–H groups in total. The fraction of sp³-hybridized carbons (Fsp3) is 0.625. The van der Waals surface area contributed by atoms with Gasteiger partial charge >= 0.3 is 0 Å². The lowest BCUT2D eigenvalue weighted by atomic mass is 9.94. The number of benzene rings is 1. The third-order valence-electron chi connectivity index (χ3n) is 4.21. The second-order valence-electron chi connectivity index (χ2n) is 5.70. The molecule has 17 heavy (non-hydrogen) atoms. The van der Waals surface area contributed by atoms with Gasteiger partial charge in [-0.05, 0) is 68.7 Å². The van der Waals surface area contributed by atoms with Crippen LogP contribution in [-0.2, 0) is 6.42 Å². The van der Waals surface area contributed by atoms with Gasteiger partial charge in [-0.15, -0.1) is 0 Å². The standard InChI is InChI=1S/C16H25N/c1-12-9-14(3)15(10-13(12)2)11-16-7-5-4-6-8-17-16/h9-10,16-17H,4-8,11H2,1-3H3/p+1/t16-/m1/s1. The number of aryl methyl sites for hydroxylation is 3. The average molecular weight is 232 g/mol. The van der Waals surface area contributed by atoms with Gasteiger partial charge in [0.15, 0.2) is 0 Å². The molecule has 1 aromatic rings. The monoisotopic (exact) mass is 232 g/mol. The molecule has 1 fully saturated rings. The molecule has 0 bridgehead atoms. The van der Waals surface area contributed by atoms with Crippen LogP contribution in [0.25, 0.3) is 0 Å². The van der Waals surface area contributed by atoms with E-state index in [1.54, 1.807) is 5.56 Å². The SMILES string of the molecule is Cc1cc(C)c(C[C@H]2CCCCC[NH2+]2)cc1C. The van der Waals surface area contributed by atoms with Crippen molar-refractivity contribution in [3.8, 4) is 0 Å². The Morgan fingerprint density at radius 1 is 1.00 bits per heavy atom. The highest BCUT2D eigenvalue weighted by molar-refractivity contribution is 5.36. The van der Waals surface area contributed by atoms with Crippen molar-refractivity contribution in [2.24, 2.45) is 0 Å². The molecule has 1 saturated heterocycles. The maximum Gasteiger partial charge on any atom is 0.0900 e. The van der Waals surface area contributed by atoms with Crippen LogP contribution >= 0.6 is 0 Å². The van der Waals surface area contributed by atoms with E-state index in [9.17, 15) is 0 Å². The summed E-state index contributed by atoms with van der Waals surface area (Å²) in [6, 6.07) is 5.57. The maximum absolute atomic E-state index is 2.57. The molecule has 0 aromatic heterocycles. The molecule has 1 aliphatic rings. The summed E-state index contributed by atoms with van der Waals surface area (Å²) in [6.07, 6.45) is 6.91. The topological polar surface area (TPSA) is 16.6 Å². The Morgan fingerprint density at radius 2 is 1.76 bits per heavy atom. The Kier molecular flexibility index (Phi) is 4.22. The molecule has 0 radical (unpaired) electrons. The second kappa shape index (κ2) is 5.68. The third kappa shape index (κ3) is 3.32. The Balaban J connectivity index is 2.09. The summed E-state index contributed by atoms with van der Waals surface area (Å²) < 4.78 is 0. The highest BCUT2D eigenvalue weighted by Crippen LogP contribution is 2.18. The van der Waals surface area contributed by atoms with E-state index in [2.05, 4.69) is 38.2 Å². The van der Waals surface area contributed by atoms with Crippen molar-refractivity contribution < 1.29 is 5.32 Å². The van der Waals surface area contributed by atoms with Gasteiger partial charge in [0.1, 0.15) is 0 Å². The Hall–Kier alpha value is -0.820. The Bertz CT molecular complexity index is 373. The molecule has 94 valence electrons. The van der Waals surface area contributed by atoms with E-state index < -0.39 is 0 Å². The average Bonchev–Trinajstić information content (AvgIpc) is 2.54. The molecule has 1 aliphatic heterocycles. The van der Waals surface area contributed by atoms with Gasteiger partial charge in [0, 0.05) is 6.42 Å². The minimum Gasteiger partial charge on any atom is -0.344 e. The van der Waals surface area contributed by atoms with Crippen LogP contribution in [0.5, 0.6) is 0 Å². The summed E-state index contributed by atoms with van der Waals surface area (Å²) in [5, 5.41) is 2.57. The lowest BCUT2D eigenvalue weighted by Gasteiger charge is -2.15. The van der Waals surface area contributed by atoms with E-state index in [4.69, 9.17) is 0 Å². The van der Waals surface area contributed by atoms with E-state index >= 15 is 0 Å². The molecule has 0 unspecified atom stereocenters. The molecule has 1 aromatic carbocycles. The van der Waals surface area contributed by atoms with Crippen LogP contribution in [0.2, 0.25) is 0 Å². The number of nitrogens with two attached hydrogens (primary N) is 1. The minimum atomic E-state index is 0.818. The molecule has 1 heteroatoms. The second-order valence-corrected chi connectivity index (χ2v) is 5.70. The van der Waals surface area contributed by atoms with Crippen LogP contribution in [0.3, 0.4) is 0 Å². The molecule has 1 heterocycles. The summed E-state index contributed by atoms with van der Waals surface area (Å²) in [7, 11) is 0. The zero-order valence-electron chi connectivity index (χ0n) is 11.6. The summed E-state index contributed by atoms with van der Waals surface area (Å²) >= 11 is 0. The van der Waals surface area contributed by atoms with Crippen molar-refractivity contribution in [2.45, 2.75) is 58.9 Å². The van der Waals surface area contributed by atoms with Crippen LogP contribution in [-0.4, -0.2) is 12.6 Å². The Morgan fingerprint density at radius 3 is 2.59 bits per heavy atom. The van der Waals surface area contributed by atoms with E-state index in [0.717, 1.165) is 6.04 Å². The summed E-state index contributed by atoms with van der Waals surface area (Å²) in [6.45, 7) is 8.03. The Labute approximate surface area is 106 Å². The number of quaternary nitrogens is 1. The third-order valence-corrected chi connectivity index (χ3v) is 4.21. The van der Waals surface area contributed by atoms with Gasteiger partial charge in [0.05, 0.1) is 12.6 Å². The van der Waals surface area contributed by atoms with E-state index in [1.165, 1.54) is 55.3 Å². The van der Waals surface area contributed by atoms with Gasteiger partial charge in [-0.25, -0.2) is 0 Å². The largest absolute Gasteiger partial charge is 0.344 e. The van der Waals surface area contributed by atoms with Gasteiger partial charge in [0.2, 0.25) is 0 Å². The van der Waals surface area contributed by atoms with Gasteiger partial charge < -0.3 is 5.32 Å². The first-order valence-electron chi connectivity index (χ1n) is 7.07. The predicted octanol–water partition coefficient (Wildman–Crippen LogP) is 2.66. The van der Waals surface area contributed by atoms with Crippen molar-refractivity contribution >= 4 is 0 Å². The number of hydrogen-bond acceptors (Lipinski definition) is 0. The van der Waals surface area contributed by atoms with Gasteiger partial charge in [0.25, 0.3) is 0 Å². The fourth-order valence-corrected chi connectivity index (χ4v) is 2.91. The molecule has 0 spiro atoms. The lowest BCUT2D eigenvalue weighted by molar-refractivity contribution is -0.687. The predicted molar refractivity (Wildman–Crippen MR) is 73.4 cm³/mol. The van der Waals surface area contributed by atoms with Crippen molar-refractivity contribution in [3.63, 3.8) is 0 Å². The van der Waals surface area contributed by atoms with Crippen LogP contribution in [0, 0.1) is 20.8 Å². The van der Waals surface area contributed by atoms with Crippen molar-refractivity contribution in [1.29, 1.82) is 0 Å². The molecule has 0 saturated carbocycles. The molecule has 2 rings (SSSR count).